The molecule has 0 heteroatoms. The van der Waals surface area contributed by atoms with Crippen molar-refractivity contribution in [2.24, 2.45) is 5.92 Å². The van der Waals surface area contributed by atoms with Crippen LogP contribution in [0, 0.1) is 5.92 Å². The highest BCUT2D eigenvalue weighted by Crippen LogP contribution is 2.36. The van der Waals surface area contributed by atoms with E-state index in [1.165, 1.54) is 23.1 Å². The monoisotopic (exact) mass is 260 g/mol. The third-order valence-electron chi connectivity index (χ3n) is 4.11. The minimum absolute atomic E-state index is 0.487. The average molecular weight is 260 g/mol. The fourth-order valence-corrected chi connectivity index (χ4v) is 2.95. The van der Waals surface area contributed by atoms with Crippen LogP contribution >= 0.6 is 0 Å². The molecule has 0 aromatic heterocycles. The van der Waals surface area contributed by atoms with E-state index in [1.54, 1.807) is 0 Å². The summed E-state index contributed by atoms with van der Waals surface area (Å²) in [4.78, 5) is 0. The van der Waals surface area contributed by atoms with Crippen molar-refractivity contribution in [2.45, 2.75) is 19.3 Å². The summed E-state index contributed by atoms with van der Waals surface area (Å²) in [5, 5.41) is 0. The lowest BCUT2D eigenvalue weighted by Crippen LogP contribution is -2.11. The van der Waals surface area contributed by atoms with Gasteiger partial charge in [0.25, 0.3) is 0 Å². The number of benzene rings is 2. The standard InChI is InChI=1S/C20H20/c1-2-16-13-14-19(17-9-5-3-6-10-17)15-20(16)18-11-7-4-8-12-18/h3-16,20H,2H2,1H3. The Morgan fingerprint density at radius 1 is 0.850 bits per heavy atom. The topological polar surface area (TPSA) is 0 Å². The van der Waals surface area contributed by atoms with Crippen molar-refractivity contribution in [1.82, 2.24) is 0 Å². The Morgan fingerprint density at radius 2 is 1.50 bits per heavy atom. The number of hydrogen-bond acceptors (Lipinski definition) is 0. The van der Waals surface area contributed by atoms with E-state index in [9.17, 15) is 0 Å². The van der Waals surface area contributed by atoms with Gasteiger partial charge in [-0.15, -0.1) is 0 Å². The molecule has 0 radical (unpaired) electrons. The molecule has 2 aromatic carbocycles. The fourth-order valence-electron chi connectivity index (χ4n) is 2.95. The zero-order valence-electron chi connectivity index (χ0n) is 11.9. The zero-order valence-corrected chi connectivity index (χ0v) is 11.9. The number of rotatable bonds is 3. The number of hydrogen-bond donors (Lipinski definition) is 0. The van der Waals surface area contributed by atoms with Crippen LogP contribution < -0.4 is 0 Å². The lowest BCUT2D eigenvalue weighted by Gasteiger charge is -2.26. The molecule has 20 heavy (non-hydrogen) atoms. The predicted octanol–water partition coefficient (Wildman–Crippen LogP) is 5.45. The highest BCUT2D eigenvalue weighted by molar-refractivity contribution is 5.76. The van der Waals surface area contributed by atoms with Gasteiger partial charge in [0.15, 0.2) is 0 Å². The van der Waals surface area contributed by atoms with Crippen molar-refractivity contribution < 1.29 is 0 Å². The van der Waals surface area contributed by atoms with Gasteiger partial charge in [-0.2, -0.15) is 0 Å². The SMILES string of the molecule is CCC1C=CC(c2ccccc2)=CC1c1ccccc1. The Kier molecular flexibility index (Phi) is 3.83. The summed E-state index contributed by atoms with van der Waals surface area (Å²) in [6.45, 7) is 2.27. The average Bonchev–Trinajstić information content (AvgIpc) is 2.56. The van der Waals surface area contributed by atoms with Crippen molar-refractivity contribution in [2.75, 3.05) is 0 Å². The lowest BCUT2D eigenvalue weighted by molar-refractivity contribution is 0.561. The lowest BCUT2D eigenvalue weighted by atomic mass is 9.78. The molecule has 100 valence electrons. The Morgan fingerprint density at radius 3 is 2.15 bits per heavy atom. The molecule has 1 aliphatic carbocycles. The fraction of sp³-hybridized carbons (Fsp3) is 0.200. The molecule has 0 spiro atoms. The second-order valence-electron chi connectivity index (χ2n) is 5.36. The maximum Gasteiger partial charge on any atom is 0.00900 e. The van der Waals surface area contributed by atoms with Gasteiger partial charge in [0.05, 0.1) is 0 Å². The summed E-state index contributed by atoms with van der Waals surface area (Å²) in [6.07, 6.45) is 8.26. The van der Waals surface area contributed by atoms with Crippen molar-refractivity contribution in [1.29, 1.82) is 0 Å². The van der Waals surface area contributed by atoms with Gasteiger partial charge in [0, 0.05) is 5.92 Å². The molecule has 0 bridgehead atoms. The Balaban J connectivity index is 1.98. The molecule has 0 fully saturated rings. The van der Waals surface area contributed by atoms with Crippen molar-refractivity contribution in [3.05, 3.63) is 90.0 Å². The van der Waals surface area contributed by atoms with Crippen LogP contribution in [0.5, 0.6) is 0 Å². The highest BCUT2D eigenvalue weighted by Gasteiger charge is 2.21. The molecule has 0 aliphatic heterocycles. The number of allylic oxidation sites excluding steroid dienone is 4. The Bertz CT molecular complexity index is 605. The van der Waals surface area contributed by atoms with Gasteiger partial charge in [-0.1, -0.05) is 85.8 Å². The minimum atomic E-state index is 0.487. The third kappa shape index (κ3) is 2.60. The van der Waals surface area contributed by atoms with Crippen LogP contribution in [0.25, 0.3) is 5.57 Å². The van der Waals surface area contributed by atoms with Crippen molar-refractivity contribution >= 4 is 5.57 Å². The first-order chi connectivity index (χ1) is 9.88. The first kappa shape index (κ1) is 12.9. The van der Waals surface area contributed by atoms with Crippen LogP contribution in [0.2, 0.25) is 0 Å². The molecule has 3 rings (SSSR count). The van der Waals surface area contributed by atoms with E-state index in [0.717, 1.165) is 0 Å². The molecular weight excluding hydrogens is 240 g/mol. The van der Waals surface area contributed by atoms with Crippen LogP contribution in [-0.4, -0.2) is 0 Å². The molecule has 0 saturated heterocycles. The molecule has 0 amide bonds. The van der Waals surface area contributed by atoms with E-state index >= 15 is 0 Å². The van der Waals surface area contributed by atoms with E-state index in [-0.39, 0.29) is 0 Å². The molecular formula is C20H20. The van der Waals surface area contributed by atoms with Gasteiger partial charge in [-0.25, -0.2) is 0 Å². The molecule has 0 nitrogen and oxygen atoms in total. The van der Waals surface area contributed by atoms with Gasteiger partial charge in [-0.3, -0.25) is 0 Å². The molecule has 0 heterocycles. The van der Waals surface area contributed by atoms with E-state index < -0.39 is 0 Å². The zero-order chi connectivity index (χ0) is 13.8. The molecule has 2 unspecified atom stereocenters. The maximum atomic E-state index is 2.43. The molecule has 1 aliphatic rings. The van der Waals surface area contributed by atoms with Crippen molar-refractivity contribution in [3.63, 3.8) is 0 Å². The van der Waals surface area contributed by atoms with Crippen LogP contribution in [0.4, 0.5) is 0 Å². The Labute approximate surface area is 121 Å². The van der Waals surface area contributed by atoms with E-state index in [0.29, 0.717) is 11.8 Å². The van der Waals surface area contributed by atoms with Gasteiger partial charge < -0.3 is 0 Å². The Hall–Kier alpha value is -2.08. The first-order valence-corrected chi connectivity index (χ1v) is 7.39. The molecule has 2 aromatic rings. The van der Waals surface area contributed by atoms with Gasteiger partial charge in [-0.05, 0) is 29.0 Å². The molecule has 0 saturated carbocycles. The minimum Gasteiger partial charge on any atom is -0.0799 e. The van der Waals surface area contributed by atoms with Crippen LogP contribution in [-0.2, 0) is 0 Å². The molecule has 2 atom stereocenters. The van der Waals surface area contributed by atoms with Crippen LogP contribution in [0.3, 0.4) is 0 Å². The summed E-state index contributed by atoms with van der Waals surface area (Å²) < 4.78 is 0. The normalized spacial score (nSPS) is 21.6. The smallest absolute Gasteiger partial charge is 0.00900 e. The summed E-state index contributed by atoms with van der Waals surface area (Å²) in [5.74, 6) is 1.09. The van der Waals surface area contributed by atoms with Gasteiger partial charge >= 0.3 is 0 Å². The van der Waals surface area contributed by atoms with Crippen LogP contribution in [0.1, 0.15) is 30.4 Å². The second kappa shape index (κ2) is 5.92. The third-order valence-corrected chi connectivity index (χ3v) is 4.11. The summed E-state index contributed by atoms with van der Waals surface area (Å²) >= 11 is 0. The van der Waals surface area contributed by atoms with Gasteiger partial charge in [0.1, 0.15) is 0 Å². The summed E-state index contributed by atoms with van der Waals surface area (Å²) in [6, 6.07) is 21.5. The van der Waals surface area contributed by atoms with Crippen molar-refractivity contribution in [3.8, 4) is 0 Å². The summed E-state index contributed by atoms with van der Waals surface area (Å²) in [7, 11) is 0. The van der Waals surface area contributed by atoms with E-state index in [2.05, 4.69) is 85.8 Å². The summed E-state index contributed by atoms with van der Waals surface area (Å²) in [5.41, 5.74) is 4.06. The quantitative estimate of drug-likeness (QED) is 0.688. The van der Waals surface area contributed by atoms with Crippen LogP contribution in [0.15, 0.2) is 78.9 Å². The maximum absolute atomic E-state index is 2.43. The molecule has 0 N–H and O–H groups in total. The largest absolute Gasteiger partial charge is 0.0799 e. The first-order valence-electron chi connectivity index (χ1n) is 7.39. The highest BCUT2D eigenvalue weighted by atomic mass is 14.2. The second-order valence-corrected chi connectivity index (χ2v) is 5.36. The van der Waals surface area contributed by atoms with Gasteiger partial charge in [0.2, 0.25) is 0 Å². The predicted molar refractivity (Wildman–Crippen MR) is 86.5 cm³/mol. The van der Waals surface area contributed by atoms with E-state index in [1.807, 2.05) is 0 Å². The van der Waals surface area contributed by atoms with E-state index in [4.69, 9.17) is 0 Å².